The van der Waals surface area contributed by atoms with Crippen molar-refractivity contribution >= 4 is 54.4 Å². The first kappa shape index (κ1) is 28.4. The molecule has 0 atom stereocenters. The van der Waals surface area contributed by atoms with E-state index >= 15 is 4.39 Å². The summed E-state index contributed by atoms with van der Waals surface area (Å²) in [6.45, 7) is 0. The molecule has 0 spiro atoms. The van der Waals surface area contributed by atoms with Crippen molar-refractivity contribution in [2.45, 2.75) is 0 Å². The predicted octanol–water partition coefficient (Wildman–Crippen LogP) is 12.6. The van der Waals surface area contributed by atoms with Gasteiger partial charge in [-0.05, 0) is 73.3 Å². The molecule has 0 amide bonds. The third kappa shape index (κ3) is 4.50. The highest BCUT2D eigenvalue weighted by atomic mass is 19.1. The Bertz CT molecular complexity index is 2910. The Morgan fingerprint density at radius 2 is 0.920 bits per heavy atom. The molecule has 0 aliphatic carbocycles. The molecule has 2 heterocycles. The van der Waals surface area contributed by atoms with Gasteiger partial charge in [0.25, 0.3) is 0 Å². The normalized spacial score (nSPS) is 11.7. The summed E-state index contributed by atoms with van der Waals surface area (Å²) in [7, 11) is 0. The molecule has 0 aliphatic heterocycles. The van der Waals surface area contributed by atoms with Crippen molar-refractivity contribution in [3.05, 3.63) is 170 Å². The highest BCUT2D eigenvalue weighted by Crippen LogP contribution is 2.41. The summed E-state index contributed by atoms with van der Waals surface area (Å²) in [6, 6.07) is 54.8. The van der Waals surface area contributed by atoms with Gasteiger partial charge in [0.15, 0.2) is 11.4 Å². The topological polar surface area (TPSA) is 38.9 Å². The molecule has 0 unspecified atom stereocenters. The van der Waals surface area contributed by atoms with Crippen molar-refractivity contribution in [3.8, 4) is 44.9 Å². The van der Waals surface area contributed by atoms with Crippen LogP contribution in [0, 0.1) is 5.82 Å². The van der Waals surface area contributed by atoms with Crippen LogP contribution >= 0.6 is 0 Å². The van der Waals surface area contributed by atoms with Crippen molar-refractivity contribution in [1.29, 1.82) is 0 Å². The molecule has 234 valence electrons. The molecule has 8 aromatic carbocycles. The number of fused-ring (bicyclic) bond motifs is 9. The Labute approximate surface area is 286 Å². The van der Waals surface area contributed by atoms with Gasteiger partial charge in [0.2, 0.25) is 0 Å². The summed E-state index contributed by atoms with van der Waals surface area (Å²) >= 11 is 0. The van der Waals surface area contributed by atoms with Gasteiger partial charge in [0.1, 0.15) is 22.6 Å². The van der Waals surface area contributed by atoms with Crippen LogP contribution in [0.4, 0.5) is 4.39 Å². The molecule has 0 radical (unpaired) electrons. The fourth-order valence-corrected chi connectivity index (χ4v) is 7.32. The lowest BCUT2D eigenvalue weighted by Crippen LogP contribution is -1.93. The highest BCUT2D eigenvalue weighted by molar-refractivity contribution is 6.25. The van der Waals surface area contributed by atoms with E-state index in [2.05, 4.69) is 66.7 Å². The first-order valence-corrected chi connectivity index (χ1v) is 16.7. The summed E-state index contributed by atoms with van der Waals surface area (Å²) in [5.74, 6) is 0.338. The lowest BCUT2D eigenvalue weighted by molar-refractivity contribution is 0.633. The second-order valence-electron chi connectivity index (χ2n) is 12.7. The van der Waals surface area contributed by atoms with Gasteiger partial charge in [-0.25, -0.2) is 14.4 Å². The van der Waals surface area contributed by atoms with Gasteiger partial charge < -0.3 is 4.42 Å². The van der Waals surface area contributed by atoms with E-state index in [1.807, 2.05) is 91.0 Å². The third-order valence-corrected chi connectivity index (χ3v) is 9.75. The van der Waals surface area contributed by atoms with E-state index < -0.39 is 0 Å². The van der Waals surface area contributed by atoms with E-state index in [9.17, 15) is 0 Å². The molecular formula is C46H27FN2O. The van der Waals surface area contributed by atoms with E-state index in [4.69, 9.17) is 14.4 Å². The number of rotatable bonds is 4. The van der Waals surface area contributed by atoms with Crippen molar-refractivity contribution < 1.29 is 8.81 Å². The smallest absolute Gasteiger partial charge is 0.180 e. The number of halogens is 1. The van der Waals surface area contributed by atoms with Crippen LogP contribution in [0.1, 0.15) is 0 Å². The fourth-order valence-electron chi connectivity index (χ4n) is 7.32. The van der Waals surface area contributed by atoms with Gasteiger partial charge in [-0.1, -0.05) is 140 Å². The van der Waals surface area contributed by atoms with Gasteiger partial charge in [0, 0.05) is 22.1 Å². The second kappa shape index (κ2) is 11.2. The average Bonchev–Trinajstić information content (AvgIpc) is 3.56. The molecule has 4 heteroatoms. The zero-order chi connectivity index (χ0) is 33.2. The van der Waals surface area contributed by atoms with E-state index in [-0.39, 0.29) is 5.82 Å². The number of nitrogens with zero attached hydrogens (tertiary/aromatic N) is 2. The van der Waals surface area contributed by atoms with E-state index in [0.29, 0.717) is 28.2 Å². The van der Waals surface area contributed by atoms with Crippen molar-refractivity contribution in [2.24, 2.45) is 0 Å². The molecular weight excluding hydrogens is 616 g/mol. The van der Waals surface area contributed by atoms with Crippen LogP contribution < -0.4 is 0 Å². The number of hydrogen-bond acceptors (Lipinski definition) is 3. The Hall–Kier alpha value is -6.65. The number of benzene rings is 8. The second-order valence-corrected chi connectivity index (χ2v) is 12.7. The minimum atomic E-state index is -0.279. The molecule has 0 fully saturated rings. The molecule has 10 aromatic rings. The Morgan fingerprint density at radius 1 is 0.400 bits per heavy atom. The summed E-state index contributed by atoms with van der Waals surface area (Å²) in [6.07, 6.45) is 0. The largest absolute Gasteiger partial charge is 0.452 e. The van der Waals surface area contributed by atoms with Crippen molar-refractivity contribution in [2.75, 3.05) is 0 Å². The molecule has 10 rings (SSSR count). The first-order chi connectivity index (χ1) is 24.7. The molecule has 50 heavy (non-hydrogen) atoms. The molecule has 0 N–H and O–H groups in total. The summed E-state index contributed by atoms with van der Waals surface area (Å²) in [5, 5.41) is 7.17. The van der Waals surface area contributed by atoms with E-state index in [1.54, 1.807) is 6.07 Å². The van der Waals surface area contributed by atoms with Crippen LogP contribution in [0.25, 0.3) is 99.3 Å². The molecule has 0 aliphatic rings. The number of aromatic nitrogens is 2. The maximum atomic E-state index is 16.2. The Morgan fingerprint density at radius 3 is 1.58 bits per heavy atom. The highest BCUT2D eigenvalue weighted by Gasteiger charge is 2.20. The number of furan rings is 1. The Kier molecular flexibility index (Phi) is 6.36. The molecule has 0 saturated heterocycles. The molecule has 3 nitrogen and oxygen atoms in total. The zero-order valence-electron chi connectivity index (χ0n) is 26.8. The van der Waals surface area contributed by atoms with Gasteiger partial charge in [-0.3, -0.25) is 0 Å². The lowest BCUT2D eigenvalue weighted by Gasteiger charge is -2.13. The van der Waals surface area contributed by atoms with E-state index in [0.717, 1.165) is 71.0 Å². The monoisotopic (exact) mass is 642 g/mol. The number of hydrogen-bond donors (Lipinski definition) is 0. The summed E-state index contributed by atoms with van der Waals surface area (Å²) in [5.41, 5.74) is 8.02. The fraction of sp³-hybridized carbons (Fsp3) is 0. The van der Waals surface area contributed by atoms with Gasteiger partial charge in [-0.15, -0.1) is 0 Å². The van der Waals surface area contributed by atoms with Crippen LogP contribution in [-0.4, -0.2) is 9.97 Å². The maximum absolute atomic E-state index is 16.2. The van der Waals surface area contributed by atoms with Crippen LogP contribution in [0.5, 0.6) is 0 Å². The van der Waals surface area contributed by atoms with Crippen molar-refractivity contribution in [1.82, 2.24) is 9.97 Å². The third-order valence-electron chi connectivity index (χ3n) is 9.75. The minimum absolute atomic E-state index is 0.279. The lowest BCUT2D eigenvalue weighted by atomic mass is 9.91. The van der Waals surface area contributed by atoms with Gasteiger partial charge in [0.05, 0.1) is 0 Å². The van der Waals surface area contributed by atoms with Crippen LogP contribution in [0.15, 0.2) is 168 Å². The molecule has 0 bridgehead atoms. The standard InChI is InChI=1S/C46H27FN2O/c47-41-27-40-36-18-10-8-16-34(36)33-15-7-9-17-35(33)39(40)26-38(41)32-23-24-37-42(25-32)50-45-43(48-46(49-44(37)45)31-13-5-2-6-14-31)30-21-19-29(20-22-30)28-11-3-1-4-12-28/h1-27H. The van der Waals surface area contributed by atoms with Crippen LogP contribution in [0.2, 0.25) is 0 Å². The average molecular weight is 643 g/mol. The van der Waals surface area contributed by atoms with E-state index in [1.165, 1.54) is 0 Å². The SMILES string of the molecule is Fc1cc2c3ccccc3c3ccccc3c2cc1-c1ccc2c(c1)oc1c(-c3ccc(-c4ccccc4)cc3)nc(-c3ccccc3)nc12. The molecule has 2 aromatic heterocycles. The predicted molar refractivity (Wildman–Crippen MR) is 204 cm³/mol. The summed E-state index contributed by atoms with van der Waals surface area (Å²) < 4.78 is 22.8. The minimum Gasteiger partial charge on any atom is -0.452 e. The first-order valence-electron chi connectivity index (χ1n) is 16.7. The van der Waals surface area contributed by atoms with Gasteiger partial charge >= 0.3 is 0 Å². The quantitative estimate of drug-likeness (QED) is 0.179. The molecule has 0 saturated carbocycles. The summed E-state index contributed by atoms with van der Waals surface area (Å²) in [4.78, 5) is 10.1. The maximum Gasteiger partial charge on any atom is 0.180 e. The van der Waals surface area contributed by atoms with Crippen LogP contribution in [0.3, 0.4) is 0 Å². The van der Waals surface area contributed by atoms with Gasteiger partial charge in [-0.2, -0.15) is 0 Å². The van der Waals surface area contributed by atoms with Crippen LogP contribution in [-0.2, 0) is 0 Å². The zero-order valence-corrected chi connectivity index (χ0v) is 26.8. The van der Waals surface area contributed by atoms with Crippen molar-refractivity contribution in [3.63, 3.8) is 0 Å². The Balaban J connectivity index is 1.17.